The molecule has 0 bridgehead atoms. The quantitative estimate of drug-likeness (QED) is 0.849. The Morgan fingerprint density at radius 1 is 1.50 bits per heavy atom. The number of nitrogens with zero attached hydrogens (tertiary/aromatic N) is 3. The molecule has 0 aliphatic carbocycles. The molecule has 0 radical (unpaired) electrons. The Bertz CT molecular complexity index is 464. The van der Waals surface area contributed by atoms with Crippen LogP contribution < -0.4 is 5.32 Å². The fourth-order valence-electron chi connectivity index (χ4n) is 2.45. The van der Waals surface area contributed by atoms with Gasteiger partial charge in [-0.05, 0) is 38.7 Å². The molecule has 20 heavy (non-hydrogen) atoms. The molecule has 0 amide bonds. The molecule has 1 aliphatic heterocycles. The summed E-state index contributed by atoms with van der Waals surface area (Å²) >= 11 is 1.85. The highest BCUT2D eigenvalue weighted by Gasteiger charge is 2.19. The maximum atomic E-state index is 4.69. The highest BCUT2D eigenvalue weighted by molar-refractivity contribution is 8.13. The van der Waals surface area contributed by atoms with Gasteiger partial charge in [0.1, 0.15) is 0 Å². The second-order valence-electron chi connectivity index (χ2n) is 5.82. The van der Waals surface area contributed by atoms with Crippen LogP contribution in [0.2, 0.25) is 0 Å². The Balaban J connectivity index is 1.77. The predicted octanol–water partition coefficient (Wildman–Crippen LogP) is 3.00. The van der Waals surface area contributed by atoms with Crippen molar-refractivity contribution in [3.05, 3.63) is 17.5 Å². The van der Waals surface area contributed by atoms with Crippen LogP contribution in [0.25, 0.3) is 0 Å². The highest BCUT2D eigenvalue weighted by atomic mass is 32.2. The molecule has 1 aliphatic rings. The fourth-order valence-corrected chi connectivity index (χ4v) is 3.43. The van der Waals surface area contributed by atoms with Gasteiger partial charge in [0.2, 0.25) is 0 Å². The summed E-state index contributed by atoms with van der Waals surface area (Å²) in [4.78, 5) is 4.69. The maximum Gasteiger partial charge on any atom is 0.156 e. The first kappa shape index (κ1) is 15.4. The predicted molar refractivity (Wildman–Crippen MR) is 87.5 cm³/mol. The molecule has 4 nitrogen and oxygen atoms in total. The summed E-state index contributed by atoms with van der Waals surface area (Å²) in [5.74, 6) is 1.86. The number of rotatable bonds is 5. The molecule has 0 aromatic carbocycles. The molecule has 1 N–H and O–H groups in total. The highest BCUT2D eigenvalue weighted by Crippen LogP contribution is 2.18. The molecule has 112 valence electrons. The van der Waals surface area contributed by atoms with E-state index in [4.69, 9.17) is 4.99 Å². The second-order valence-corrected chi connectivity index (χ2v) is 6.91. The van der Waals surface area contributed by atoms with Crippen molar-refractivity contribution in [3.63, 3.8) is 0 Å². The third kappa shape index (κ3) is 4.27. The van der Waals surface area contributed by atoms with Crippen LogP contribution in [-0.2, 0) is 6.54 Å². The Morgan fingerprint density at radius 3 is 2.95 bits per heavy atom. The molecule has 1 atom stereocenters. The summed E-state index contributed by atoms with van der Waals surface area (Å²) < 4.78 is 2.08. The molecule has 5 heteroatoms. The molecule has 1 fully saturated rings. The van der Waals surface area contributed by atoms with Crippen LogP contribution in [0.3, 0.4) is 0 Å². The minimum atomic E-state index is 0.589. The first-order valence-electron chi connectivity index (χ1n) is 7.51. The normalized spacial score (nSPS) is 21.4. The van der Waals surface area contributed by atoms with Crippen molar-refractivity contribution >= 4 is 16.9 Å². The SMILES string of the molecule is Cc1cc(C)n(CCCN=C2NC(C(C)C)CCS2)n1. The smallest absolute Gasteiger partial charge is 0.156 e. The molecule has 0 spiro atoms. The van der Waals surface area contributed by atoms with Gasteiger partial charge < -0.3 is 5.32 Å². The summed E-state index contributed by atoms with van der Waals surface area (Å²) in [5.41, 5.74) is 2.33. The van der Waals surface area contributed by atoms with Crippen LogP contribution in [-0.4, -0.2) is 33.3 Å². The molecule has 0 saturated carbocycles. The van der Waals surface area contributed by atoms with Crippen molar-refractivity contribution in [2.24, 2.45) is 10.9 Å². The van der Waals surface area contributed by atoms with Crippen LogP contribution in [0, 0.1) is 19.8 Å². The zero-order chi connectivity index (χ0) is 14.5. The summed E-state index contributed by atoms with van der Waals surface area (Å²) in [6.45, 7) is 10.5. The van der Waals surface area contributed by atoms with Gasteiger partial charge in [-0.1, -0.05) is 25.6 Å². The van der Waals surface area contributed by atoms with Crippen LogP contribution >= 0.6 is 11.8 Å². The van der Waals surface area contributed by atoms with Gasteiger partial charge >= 0.3 is 0 Å². The van der Waals surface area contributed by atoms with Gasteiger partial charge in [0.05, 0.1) is 5.69 Å². The number of amidine groups is 1. The molecule has 2 heterocycles. The van der Waals surface area contributed by atoms with Crippen molar-refractivity contribution in [3.8, 4) is 0 Å². The minimum absolute atomic E-state index is 0.589. The molecule has 1 unspecified atom stereocenters. The van der Waals surface area contributed by atoms with Crippen molar-refractivity contribution in [2.75, 3.05) is 12.3 Å². The van der Waals surface area contributed by atoms with E-state index in [-0.39, 0.29) is 0 Å². The third-order valence-corrected chi connectivity index (χ3v) is 4.63. The van der Waals surface area contributed by atoms with E-state index in [2.05, 4.69) is 41.9 Å². The van der Waals surface area contributed by atoms with Gasteiger partial charge in [0.15, 0.2) is 5.17 Å². The number of thioether (sulfide) groups is 1. The average molecular weight is 294 g/mol. The van der Waals surface area contributed by atoms with E-state index in [1.165, 1.54) is 17.9 Å². The lowest BCUT2D eigenvalue weighted by atomic mass is 10.0. The van der Waals surface area contributed by atoms with Gasteiger partial charge in [-0.25, -0.2) is 0 Å². The molecule has 2 rings (SSSR count). The van der Waals surface area contributed by atoms with Crippen molar-refractivity contribution in [1.29, 1.82) is 0 Å². The van der Waals surface area contributed by atoms with E-state index in [1.54, 1.807) is 0 Å². The molecular weight excluding hydrogens is 268 g/mol. The monoisotopic (exact) mass is 294 g/mol. The first-order valence-corrected chi connectivity index (χ1v) is 8.49. The van der Waals surface area contributed by atoms with E-state index in [0.29, 0.717) is 12.0 Å². The lowest BCUT2D eigenvalue weighted by Gasteiger charge is -2.28. The van der Waals surface area contributed by atoms with E-state index in [0.717, 1.165) is 30.4 Å². The van der Waals surface area contributed by atoms with Gasteiger partial charge in [0, 0.05) is 30.6 Å². The Hall–Kier alpha value is -0.970. The fraction of sp³-hybridized carbons (Fsp3) is 0.733. The van der Waals surface area contributed by atoms with Crippen molar-refractivity contribution in [1.82, 2.24) is 15.1 Å². The van der Waals surface area contributed by atoms with Crippen molar-refractivity contribution in [2.45, 2.75) is 53.1 Å². The lowest BCUT2D eigenvalue weighted by molar-refractivity contribution is 0.442. The number of aliphatic imine (C=N–C) groups is 1. The molecule has 1 saturated heterocycles. The third-order valence-electron chi connectivity index (χ3n) is 3.67. The van der Waals surface area contributed by atoms with Crippen molar-refractivity contribution < 1.29 is 0 Å². The van der Waals surface area contributed by atoms with Crippen LogP contribution in [0.4, 0.5) is 0 Å². The summed E-state index contributed by atoms with van der Waals surface area (Å²) in [7, 11) is 0. The number of hydrogen-bond donors (Lipinski definition) is 1. The number of hydrogen-bond acceptors (Lipinski definition) is 3. The standard InChI is InChI=1S/C15H26N4S/c1-11(2)14-6-9-20-15(17-14)16-7-5-8-19-13(4)10-12(3)18-19/h10-11,14H,5-9H2,1-4H3,(H,16,17). The minimum Gasteiger partial charge on any atom is -0.362 e. The van der Waals surface area contributed by atoms with Gasteiger partial charge in [-0.15, -0.1) is 0 Å². The summed E-state index contributed by atoms with van der Waals surface area (Å²) in [6.07, 6.45) is 2.28. The van der Waals surface area contributed by atoms with E-state index >= 15 is 0 Å². The van der Waals surface area contributed by atoms with Gasteiger partial charge in [-0.3, -0.25) is 9.67 Å². The van der Waals surface area contributed by atoms with E-state index in [9.17, 15) is 0 Å². The first-order chi connectivity index (χ1) is 9.56. The Labute approximate surface area is 126 Å². The lowest BCUT2D eigenvalue weighted by Crippen LogP contribution is -2.41. The summed E-state index contributed by atoms with van der Waals surface area (Å²) in [5, 5.41) is 9.16. The zero-order valence-corrected chi connectivity index (χ0v) is 13.8. The largest absolute Gasteiger partial charge is 0.362 e. The Kier molecular flexibility index (Phi) is 5.52. The molecule has 1 aromatic rings. The van der Waals surface area contributed by atoms with Crippen LogP contribution in [0.5, 0.6) is 0 Å². The molecular formula is C15H26N4S. The Morgan fingerprint density at radius 2 is 2.30 bits per heavy atom. The number of aromatic nitrogens is 2. The number of nitrogens with one attached hydrogen (secondary N) is 1. The topological polar surface area (TPSA) is 42.2 Å². The number of aryl methyl sites for hydroxylation is 3. The van der Waals surface area contributed by atoms with Crippen LogP contribution in [0.15, 0.2) is 11.1 Å². The summed E-state index contributed by atoms with van der Waals surface area (Å²) in [6, 6.07) is 2.71. The zero-order valence-electron chi connectivity index (χ0n) is 13.0. The van der Waals surface area contributed by atoms with E-state index in [1.807, 2.05) is 18.7 Å². The maximum absolute atomic E-state index is 4.69. The van der Waals surface area contributed by atoms with E-state index < -0.39 is 0 Å². The molecule has 1 aromatic heterocycles. The second kappa shape index (κ2) is 7.16. The average Bonchev–Trinajstić information content (AvgIpc) is 2.73. The van der Waals surface area contributed by atoms with Crippen LogP contribution in [0.1, 0.15) is 38.1 Å². The van der Waals surface area contributed by atoms with Gasteiger partial charge in [0.25, 0.3) is 0 Å². The van der Waals surface area contributed by atoms with Gasteiger partial charge in [-0.2, -0.15) is 5.10 Å².